The van der Waals surface area contributed by atoms with Gasteiger partial charge in [0.1, 0.15) is 25.1 Å². The molecule has 0 atom stereocenters. The lowest BCUT2D eigenvalue weighted by molar-refractivity contribution is -0.392. The molecule has 7 heteroatoms. The van der Waals surface area contributed by atoms with Gasteiger partial charge >= 0.3 is 5.82 Å². The number of hydrogen-bond acceptors (Lipinski definition) is 5. The van der Waals surface area contributed by atoms with E-state index in [4.69, 9.17) is 9.72 Å². The highest BCUT2D eigenvalue weighted by molar-refractivity contribution is 5.85. The first-order valence-electron chi connectivity index (χ1n) is 9.29. The van der Waals surface area contributed by atoms with E-state index in [-0.39, 0.29) is 5.82 Å². The van der Waals surface area contributed by atoms with E-state index in [9.17, 15) is 10.1 Å². The van der Waals surface area contributed by atoms with Crippen LogP contribution in [0.25, 0.3) is 22.2 Å². The zero-order chi connectivity index (χ0) is 20.4. The average molecular weight is 388 g/mol. The summed E-state index contributed by atoms with van der Waals surface area (Å²) >= 11 is 0. The van der Waals surface area contributed by atoms with Crippen LogP contribution in [-0.4, -0.2) is 26.1 Å². The number of aromatic nitrogens is 3. The van der Waals surface area contributed by atoms with E-state index in [1.165, 1.54) is 16.3 Å². The number of para-hydroxylation sites is 1. The number of hydrogen-bond donors (Lipinski definition) is 0. The van der Waals surface area contributed by atoms with Crippen LogP contribution in [0.1, 0.15) is 11.4 Å². The van der Waals surface area contributed by atoms with E-state index in [0.29, 0.717) is 24.7 Å². The number of pyridine rings is 1. The van der Waals surface area contributed by atoms with Gasteiger partial charge in [-0.15, -0.1) is 0 Å². The second-order valence-corrected chi connectivity index (χ2v) is 6.79. The molecule has 0 unspecified atom stereocenters. The Morgan fingerprint density at radius 3 is 2.76 bits per heavy atom. The molecule has 7 nitrogen and oxygen atoms in total. The maximum Gasteiger partial charge on any atom is 0.342 e. The second kappa shape index (κ2) is 7.71. The Bertz CT molecular complexity index is 1200. The number of imidazole rings is 1. The lowest BCUT2D eigenvalue weighted by Crippen LogP contribution is -2.11. The maximum absolute atomic E-state index is 11.1. The summed E-state index contributed by atoms with van der Waals surface area (Å²) in [6.45, 7) is 4.46. The van der Waals surface area contributed by atoms with Gasteiger partial charge in [0.15, 0.2) is 5.82 Å². The van der Waals surface area contributed by atoms with Crippen LogP contribution in [-0.2, 0) is 6.54 Å². The van der Waals surface area contributed by atoms with Crippen LogP contribution >= 0.6 is 0 Å². The summed E-state index contributed by atoms with van der Waals surface area (Å²) in [5.41, 5.74) is 3.96. The predicted molar refractivity (Wildman–Crippen MR) is 111 cm³/mol. The quantitative estimate of drug-likeness (QED) is 0.353. The zero-order valence-corrected chi connectivity index (χ0v) is 16.2. The van der Waals surface area contributed by atoms with Crippen molar-refractivity contribution in [2.75, 3.05) is 6.61 Å². The molecule has 0 N–H and O–H groups in total. The monoisotopic (exact) mass is 388 g/mol. The van der Waals surface area contributed by atoms with Crippen molar-refractivity contribution < 1.29 is 9.66 Å². The van der Waals surface area contributed by atoms with E-state index < -0.39 is 4.92 Å². The molecular formula is C22H20N4O3. The summed E-state index contributed by atoms with van der Waals surface area (Å²) in [5.74, 6) is 1.25. The summed E-state index contributed by atoms with van der Waals surface area (Å²) in [5, 5.41) is 12.2. The molecular weight excluding hydrogens is 368 g/mol. The highest BCUT2D eigenvalue weighted by Crippen LogP contribution is 2.27. The molecule has 4 rings (SSSR count). The minimum absolute atomic E-state index is 0.0318. The van der Waals surface area contributed by atoms with Gasteiger partial charge in [0, 0.05) is 17.9 Å². The number of nitro groups is 1. The molecule has 0 amide bonds. The highest BCUT2D eigenvalue weighted by atomic mass is 16.6. The van der Waals surface area contributed by atoms with Crippen LogP contribution in [0.15, 0.2) is 60.8 Å². The summed E-state index contributed by atoms with van der Waals surface area (Å²) in [4.78, 5) is 19.4. The molecule has 2 aromatic carbocycles. The fourth-order valence-electron chi connectivity index (χ4n) is 3.38. The van der Waals surface area contributed by atoms with Gasteiger partial charge in [0.25, 0.3) is 0 Å². The third-order valence-electron chi connectivity index (χ3n) is 4.86. The van der Waals surface area contributed by atoms with E-state index in [2.05, 4.69) is 24.0 Å². The lowest BCUT2D eigenvalue weighted by atomic mass is 10.1. The van der Waals surface area contributed by atoms with Crippen molar-refractivity contribution in [1.29, 1.82) is 0 Å². The van der Waals surface area contributed by atoms with Gasteiger partial charge in [-0.1, -0.05) is 30.3 Å². The highest BCUT2D eigenvalue weighted by Gasteiger charge is 2.17. The topological polar surface area (TPSA) is 83.1 Å². The van der Waals surface area contributed by atoms with Gasteiger partial charge in [0.2, 0.25) is 0 Å². The Hall–Kier alpha value is -3.74. The number of fused-ring (bicyclic) bond motifs is 1. The van der Waals surface area contributed by atoms with E-state index in [1.807, 2.05) is 42.5 Å². The second-order valence-electron chi connectivity index (χ2n) is 6.79. The van der Waals surface area contributed by atoms with Crippen molar-refractivity contribution in [3.05, 3.63) is 82.3 Å². The first kappa shape index (κ1) is 18.6. The predicted octanol–water partition coefficient (Wildman–Crippen LogP) is 4.70. The Labute approximate surface area is 167 Å². The third kappa shape index (κ3) is 3.80. The van der Waals surface area contributed by atoms with Gasteiger partial charge in [-0.2, -0.15) is 0 Å². The van der Waals surface area contributed by atoms with Crippen molar-refractivity contribution >= 4 is 16.7 Å². The number of aryl methyl sites for hydroxylation is 2. The molecule has 2 heterocycles. The smallest absolute Gasteiger partial charge is 0.342 e. The summed E-state index contributed by atoms with van der Waals surface area (Å²) in [6, 6.07) is 17.9. The molecule has 0 saturated heterocycles. The van der Waals surface area contributed by atoms with E-state index >= 15 is 0 Å². The SMILES string of the molecule is Cc1cc(-c2cccc(OCCn3c([N+](=O)[O-])cnc3C)c2)nc2ccccc12. The molecule has 0 spiro atoms. The number of benzene rings is 2. The van der Waals surface area contributed by atoms with Crippen molar-refractivity contribution in [2.24, 2.45) is 0 Å². The van der Waals surface area contributed by atoms with Crippen molar-refractivity contribution in [3.8, 4) is 17.0 Å². The molecule has 0 saturated carbocycles. The maximum atomic E-state index is 11.1. The molecule has 2 aromatic heterocycles. The summed E-state index contributed by atoms with van der Waals surface area (Å²) in [7, 11) is 0. The molecule has 0 radical (unpaired) electrons. The van der Waals surface area contributed by atoms with Crippen LogP contribution in [0.5, 0.6) is 5.75 Å². The Morgan fingerprint density at radius 2 is 1.93 bits per heavy atom. The molecule has 0 aliphatic carbocycles. The third-order valence-corrected chi connectivity index (χ3v) is 4.86. The Balaban J connectivity index is 1.53. The minimum atomic E-state index is -0.436. The Morgan fingerprint density at radius 1 is 1.10 bits per heavy atom. The average Bonchev–Trinajstić information content (AvgIpc) is 3.09. The fourth-order valence-corrected chi connectivity index (χ4v) is 3.38. The lowest BCUT2D eigenvalue weighted by Gasteiger charge is -2.10. The summed E-state index contributed by atoms with van der Waals surface area (Å²) in [6.07, 6.45) is 1.27. The summed E-state index contributed by atoms with van der Waals surface area (Å²) < 4.78 is 7.39. The van der Waals surface area contributed by atoms with Gasteiger partial charge in [-0.25, -0.2) is 14.5 Å². The normalized spacial score (nSPS) is 11.0. The van der Waals surface area contributed by atoms with Crippen LogP contribution in [0.3, 0.4) is 0 Å². The fraction of sp³-hybridized carbons (Fsp3) is 0.182. The minimum Gasteiger partial charge on any atom is -0.489 e. The van der Waals surface area contributed by atoms with E-state index in [0.717, 1.165) is 22.2 Å². The van der Waals surface area contributed by atoms with Crippen LogP contribution in [0, 0.1) is 24.0 Å². The molecule has 0 aliphatic rings. The molecule has 4 aromatic rings. The van der Waals surface area contributed by atoms with Crippen molar-refractivity contribution in [3.63, 3.8) is 0 Å². The van der Waals surface area contributed by atoms with Gasteiger partial charge in [0.05, 0.1) is 11.2 Å². The standard InChI is InChI=1S/C22H20N4O3/c1-15-12-21(24-20-9-4-3-8-19(15)20)17-6-5-7-18(13-17)29-11-10-25-16(2)23-14-22(25)26(27)28/h3-9,12-14H,10-11H2,1-2H3. The van der Waals surface area contributed by atoms with Gasteiger partial charge < -0.3 is 14.9 Å². The molecule has 146 valence electrons. The number of ether oxygens (including phenoxy) is 1. The van der Waals surface area contributed by atoms with Crippen molar-refractivity contribution in [2.45, 2.75) is 20.4 Å². The van der Waals surface area contributed by atoms with Crippen LogP contribution in [0.2, 0.25) is 0 Å². The molecule has 29 heavy (non-hydrogen) atoms. The largest absolute Gasteiger partial charge is 0.489 e. The first-order valence-corrected chi connectivity index (χ1v) is 9.29. The molecule has 0 aliphatic heterocycles. The van der Waals surface area contributed by atoms with Crippen molar-refractivity contribution in [1.82, 2.24) is 14.5 Å². The van der Waals surface area contributed by atoms with Gasteiger partial charge in [-0.3, -0.25) is 0 Å². The molecule has 0 fully saturated rings. The number of rotatable bonds is 6. The number of nitrogens with zero attached hydrogens (tertiary/aromatic N) is 4. The van der Waals surface area contributed by atoms with Gasteiger partial charge in [-0.05, 0) is 41.7 Å². The zero-order valence-electron chi connectivity index (χ0n) is 16.2. The molecule has 0 bridgehead atoms. The Kier molecular flexibility index (Phi) is 4.95. The first-order chi connectivity index (χ1) is 14.0. The van der Waals surface area contributed by atoms with Crippen LogP contribution in [0.4, 0.5) is 5.82 Å². The van der Waals surface area contributed by atoms with E-state index in [1.54, 1.807) is 6.92 Å². The van der Waals surface area contributed by atoms with Crippen LogP contribution < -0.4 is 4.74 Å².